The lowest BCUT2D eigenvalue weighted by Gasteiger charge is -2.20. The number of hydrogen-bond acceptors (Lipinski definition) is 5. The number of benzene rings is 2. The predicted molar refractivity (Wildman–Crippen MR) is 118 cm³/mol. The summed E-state index contributed by atoms with van der Waals surface area (Å²) in [7, 11) is -3.22. The van der Waals surface area contributed by atoms with Crippen LogP contribution in [0.2, 0.25) is 0 Å². The molecular formula is C22H28N4OS. The van der Waals surface area contributed by atoms with Crippen molar-refractivity contribution in [1.29, 1.82) is 0 Å². The Labute approximate surface area is 169 Å². The summed E-state index contributed by atoms with van der Waals surface area (Å²) < 4.78 is 20.7. The van der Waals surface area contributed by atoms with E-state index in [1.165, 1.54) is 11.1 Å². The van der Waals surface area contributed by atoms with E-state index in [0.717, 1.165) is 11.1 Å². The summed E-state index contributed by atoms with van der Waals surface area (Å²) in [5.41, 5.74) is 4.04. The molecule has 1 unspecified atom stereocenters. The molecule has 0 bridgehead atoms. The maximum absolute atomic E-state index is 12.6. The van der Waals surface area contributed by atoms with Crippen LogP contribution in [0, 0.1) is 0 Å². The maximum atomic E-state index is 12.6. The second-order valence-electron chi connectivity index (χ2n) is 9.13. The minimum Gasteiger partial charge on any atom is -0.591 e. The summed E-state index contributed by atoms with van der Waals surface area (Å²) in [4.78, 5) is 4.54. The average Bonchev–Trinajstić information content (AvgIpc) is 2.59. The van der Waals surface area contributed by atoms with Crippen molar-refractivity contribution in [3.63, 3.8) is 0 Å². The first-order valence-electron chi connectivity index (χ1n) is 9.30. The lowest BCUT2D eigenvalue weighted by atomic mass is 9.86. The molecule has 2 N–H and O–H groups in total. The highest BCUT2D eigenvalue weighted by molar-refractivity contribution is 7.97. The molecule has 0 fully saturated rings. The second-order valence-corrected chi connectivity index (χ2v) is 10.6. The Morgan fingerprint density at radius 1 is 0.714 bits per heavy atom. The minimum atomic E-state index is -3.22. The standard InChI is InChI=1S/C22H28N4OS/c1-21(2,3)17-11-7-15(8-12-17)19-24-20(26-28(23,27)25-19)16-9-13-18(14-10-16)22(4,5)6/h7-14H,1-6H3,(H2-,23,24,25,26,27). The van der Waals surface area contributed by atoms with Gasteiger partial charge in [0.1, 0.15) is 10.5 Å². The summed E-state index contributed by atoms with van der Waals surface area (Å²) in [6.45, 7) is 12.9. The van der Waals surface area contributed by atoms with E-state index >= 15 is 0 Å². The van der Waals surface area contributed by atoms with E-state index in [-0.39, 0.29) is 10.8 Å². The Morgan fingerprint density at radius 3 is 1.50 bits per heavy atom. The normalized spacial score (nSPS) is 20.3. The van der Waals surface area contributed by atoms with Crippen LogP contribution in [0.15, 0.2) is 62.3 Å². The van der Waals surface area contributed by atoms with Gasteiger partial charge in [0.2, 0.25) is 11.7 Å². The van der Waals surface area contributed by atoms with Crippen LogP contribution in [0.5, 0.6) is 0 Å². The molecule has 0 radical (unpaired) electrons. The number of nitrogens with zero attached hydrogens (tertiary/aromatic N) is 3. The quantitative estimate of drug-likeness (QED) is 0.743. The molecule has 1 aliphatic rings. The van der Waals surface area contributed by atoms with Gasteiger partial charge in [-0.3, -0.25) is 0 Å². The zero-order chi connectivity index (χ0) is 20.7. The van der Waals surface area contributed by atoms with E-state index in [1.54, 1.807) is 0 Å². The summed E-state index contributed by atoms with van der Waals surface area (Å²) in [5.74, 6) is 0.690. The fourth-order valence-corrected chi connectivity index (χ4v) is 3.71. The molecule has 0 saturated heterocycles. The Kier molecular flexibility index (Phi) is 5.17. The van der Waals surface area contributed by atoms with Crippen LogP contribution in [-0.4, -0.2) is 16.2 Å². The molecule has 3 rings (SSSR count). The van der Waals surface area contributed by atoms with Crippen molar-refractivity contribution in [1.82, 2.24) is 0 Å². The minimum absolute atomic E-state index is 0.0485. The van der Waals surface area contributed by atoms with Crippen LogP contribution in [0.25, 0.3) is 0 Å². The molecule has 0 aromatic heterocycles. The van der Waals surface area contributed by atoms with Gasteiger partial charge in [0.05, 0.1) is 0 Å². The van der Waals surface area contributed by atoms with Gasteiger partial charge in [0, 0.05) is 11.1 Å². The van der Waals surface area contributed by atoms with Gasteiger partial charge in [0.15, 0.2) is 0 Å². The van der Waals surface area contributed by atoms with E-state index in [2.05, 4.69) is 55.3 Å². The van der Waals surface area contributed by atoms with Gasteiger partial charge in [-0.2, -0.15) is 4.99 Å². The van der Waals surface area contributed by atoms with Crippen molar-refractivity contribution >= 4 is 22.1 Å². The molecule has 1 heterocycles. The van der Waals surface area contributed by atoms with Crippen LogP contribution in [0.1, 0.15) is 63.8 Å². The first kappa shape index (κ1) is 20.6. The number of aliphatic imine (C=N–C) groups is 1. The van der Waals surface area contributed by atoms with Crippen LogP contribution < -0.4 is 5.14 Å². The third kappa shape index (κ3) is 4.63. The Morgan fingerprint density at radius 2 is 1.11 bits per heavy atom. The summed E-state index contributed by atoms with van der Waals surface area (Å²) in [5, 5.41) is 5.82. The molecular weight excluding hydrogens is 368 g/mol. The van der Waals surface area contributed by atoms with Gasteiger partial charge >= 0.3 is 0 Å². The second kappa shape index (κ2) is 7.03. The lowest BCUT2D eigenvalue weighted by Crippen LogP contribution is -2.26. The molecule has 0 saturated carbocycles. The molecule has 0 spiro atoms. The third-order valence-electron chi connectivity index (χ3n) is 4.66. The van der Waals surface area contributed by atoms with Crippen LogP contribution in [-0.2, 0) is 21.3 Å². The highest BCUT2D eigenvalue weighted by Crippen LogP contribution is 2.25. The molecule has 28 heavy (non-hydrogen) atoms. The molecule has 5 nitrogen and oxygen atoms in total. The lowest BCUT2D eigenvalue weighted by molar-refractivity contribution is 0.587. The van der Waals surface area contributed by atoms with E-state index in [4.69, 9.17) is 5.14 Å². The number of hydrogen-bond donors (Lipinski definition) is 1. The van der Waals surface area contributed by atoms with E-state index < -0.39 is 10.5 Å². The highest BCUT2D eigenvalue weighted by atomic mass is 32.3. The fourth-order valence-electron chi connectivity index (χ4n) is 2.88. The Balaban J connectivity index is 1.99. The predicted octanol–water partition coefficient (Wildman–Crippen LogP) is 4.75. The van der Waals surface area contributed by atoms with Crippen LogP contribution in [0.4, 0.5) is 0 Å². The van der Waals surface area contributed by atoms with E-state index in [1.807, 2.05) is 48.5 Å². The van der Waals surface area contributed by atoms with Crippen molar-refractivity contribution in [3.8, 4) is 0 Å². The van der Waals surface area contributed by atoms with Crippen molar-refractivity contribution < 1.29 is 4.55 Å². The average molecular weight is 397 g/mol. The van der Waals surface area contributed by atoms with E-state index in [9.17, 15) is 4.55 Å². The summed E-state index contributed by atoms with van der Waals surface area (Å²) in [6.07, 6.45) is 0. The molecule has 6 heteroatoms. The molecule has 148 valence electrons. The van der Waals surface area contributed by atoms with Crippen molar-refractivity contribution in [2.45, 2.75) is 52.4 Å². The van der Waals surface area contributed by atoms with Crippen molar-refractivity contribution in [2.24, 2.45) is 18.9 Å². The zero-order valence-electron chi connectivity index (χ0n) is 17.4. The first-order chi connectivity index (χ1) is 12.9. The van der Waals surface area contributed by atoms with Gasteiger partial charge in [-0.1, -0.05) is 90.1 Å². The topological polar surface area (TPSA) is 86.2 Å². The SMILES string of the molecule is CC(C)(C)c1ccc(C2=NC(c3ccc(C(C)(C)C)cc3)=N[S+](N)([O-])=N2)cc1. The first-order valence-corrected chi connectivity index (χ1v) is 10.8. The van der Waals surface area contributed by atoms with E-state index in [0.29, 0.717) is 11.7 Å². The maximum Gasteiger partial charge on any atom is 0.212 e. The Bertz CT molecular complexity index is 925. The van der Waals surface area contributed by atoms with Crippen LogP contribution >= 0.6 is 0 Å². The monoisotopic (exact) mass is 396 g/mol. The summed E-state index contributed by atoms with van der Waals surface area (Å²) in [6, 6.07) is 15.9. The molecule has 2 aromatic carbocycles. The van der Waals surface area contributed by atoms with Gasteiger partial charge in [0.25, 0.3) is 0 Å². The smallest absolute Gasteiger partial charge is 0.212 e. The molecule has 1 aliphatic heterocycles. The van der Waals surface area contributed by atoms with Gasteiger partial charge in [-0.15, -0.1) is 5.14 Å². The number of amidine groups is 2. The molecule has 1 atom stereocenters. The van der Waals surface area contributed by atoms with Gasteiger partial charge in [-0.05, 0) is 30.7 Å². The molecule has 2 aromatic rings. The zero-order valence-corrected chi connectivity index (χ0v) is 18.2. The van der Waals surface area contributed by atoms with Gasteiger partial charge < -0.3 is 4.55 Å². The van der Waals surface area contributed by atoms with Crippen LogP contribution in [0.3, 0.4) is 0 Å². The fraction of sp³-hybridized carbons (Fsp3) is 0.364. The largest absolute Gasteiger partial charge is 0.591 e. The number of nitrogens with two attached hydrogens (primary N) is 1. The molecule has 0 amide bonds. The third-order valence-corrected chi connectivity index (χ3v) is 5.53. The van der Waals surface area contributed by atoms with Crippen molar-refractivity contribution in [3.05, 3.63) is 70.8 Å². The van der Waals surface area contributed by atoms with Gasteiger partial charge in [-0.25, -0.2) is 0 Å². The molecule has 0 aliphatic carbocycles. The highest BCUT2D eigenvalue weighted by Gasteiger charge is 2.22. The Hall–Kier alpha value is -2.15. The number of rotatable bonds is 2. The summed E-state index contributed by atoms with van der Waals surface area (Å²) >= 11 is 0. The van der Waals surface area contributed by atoms with Crippen molar-refractivity contribution in [2.75, 3.05) is 0 Å².